The van der Waals surface area contributed by atoms with Gasteiger partial charge >= 0.3 is 5.97 Å². The molecule has 0 aliphatic rings. The lowest BCUT2D eigenvalue weighted by molar-refractivity contribution is -0.139. The summed E-state index contributed by atoms with van der Waals surface area (Å²) in [5.74, 6) is -1.57. The van der Waals surface area contributed by atoms with E-state index in [1.165, 1.54) is 0 Å². The van der Waals surface area contributed by atoms with Crippen LogP contribution in [0.25, 0.3) is 11.1 Å². The summed E-state index contributed by atoms with van der Waals surface area (Å²) in [7, 11) is 0. The van der Waals surface area contributed by atoms with Crippen LogP contribution >= 0.6 is 23.2 Å². The second kappa shape index (κ2) is 10.8. The number of halogens is 2. The molecule has 1 amide bonds. The predicted molar refractivity (Wildman–Crippen MR) is 139 cm³/mol. The minimum Gasteiger partial charge on any atom is -0.480 e. The molecule has 0 saturated carbocycles. The van der Waals surface area contributed by atoms with Crippen molar-refractivity contribution in [3.63, 3.8) is 0 Å². The summed E-state index contributed by atoms with van der Waals surface area (Å²) < 4.78 is 1.87. The fourth-order valence-corrected chi connectivity index (χ4v) is 4.36. The predicted octanol–water partition coefficient (Wildman–Crippen LogP) is 6.24. The Bertz CT molecular complexity index is 1330. The molecule has 3 aromatic carbocycles. The smallest absolute Gasteiger partial charge is 0.326 e. The average Bonchev–Trinajstić information content (AvgIpc) is 3.16. The minimum absolute atomic E-state index is 0.132. The van der Waals surface area contributed by atoms with Gasteiger partial charge in [-0.3, -0.25) is 4.79 Å². The molecule has 0 saturated heterocycles. The Kier molecular flexibility index (Phi) is 7.59. The number of carbonyl (C=O) groups is 2. The number of aryl methyl sites for hydroxylation is 1. The first-order chi connectivity index (χ1) is 16.8. The van der Waals surface area contributed by atoms with Crippen LogP contribution in [0.4, 0.5) is 0 Å². The third-order valence-corrected chi connectivity index (χ3v) is 6.27. The van der Waals surface area contributed by atoms with Crippen molar-refractivity contribution in [3.05, 3.63) is 117 Å². The molecule has 178 valence electrons. The van der Waals surface area contributed by atoms with Crippen LogP contribution in [-0.2, 0) is 17.8 Å². The Labute approximate surface area is 213 Å². The van der Waals surface area contributed by atoms with Crippen LogP contribution in [0.2, 0.25) is 10.0 Å². The summed E-state index contributed by atoms with van der Waals surface area (Å²) in [6.45, 7) is 2.40. The topological polar surface area (TPSA) is 71.3 Å². The van der Waals surface area contributed by atoms with Crippen LogP contribution in [0.5, 0.6) is 0 Å². The molecule has 5 nitrogen and oxygen atoms in total. The van der Waals surface area contributed by atoms with E-state index in [0.717, 1.165) is 27.8 Å². The van der Waals surface area contributed by atoms with Gasteiger partial charge in [-0.15, -0.1) is 0 Å². The number of carboxylic acids is 1. The molecule has 0 spiro atoms. The molecule has 1 unspecified atom stereocenters. The number of carboxylic acid groups (broad SMARTS) is 1. The van der Waals surface area contributed by atoms with E-state index in [2.05, 4.69) is 5.32 Å². The summed E-state index contributed by atoms with van der Waals surface area (Å²) in [4.78, 5) is 25.7. The summed E-state index contributed by atoms with van der Waals surface area (Å²) >= 11 is 12.0. The highest BCUT2D eigenvalue weighted by molar-refractivity contribution is 6.30. The van der Waals surface area contributed by atoms with Crippen molar-refractivity contribution in [2.45, 2.75) is 25.9 Å². The number of nitrogens with zero attached hydrogens (tertiary/aromatic N) is 1. The number of carbonyl (C=O) groups excluding carboxylic acids is 1. The molecule has 1 aromatic heterocycles. The van der Waals surface area contributed by atoms with E-state index in [1.807, 2.05) is 60.2 Å². The summed E-state index contributed by atoms with van der Waals surface area (Å²) in [6.07, 6.45) is 2.05. The van der Waals surface area contributed by atoms with Gasteiger partial charge in [0.25, 0.3) is 5.91 Å². The number of rotatable bonds is 8. The molecule has 1 heterocycles. The maximum Gasteiger partial charge on any atom is 0.326 e. The highest BCUT2D eigenvalue weighted by Crippen LogP contribution is 2.31. The maximum absolute atomic E-state index is 13.6. The monoisotopic (exact) mass is 506 g/mol. The van der Waals surface area contributed by atoms with Gasteiger partial charge in [-0.2, -0.15) is 0 Å². The molecule has 0 aliphatic heterocycles. The molecule has 0 bridgehead atoms. The molecule has 0 aliphatic carbocycles. The molecule has 4 rings (SSSR count). The van der Waals surface area contributed by atoms with E-state index < -0.39 is 17.9 Å². The summed E-state index contributed by atoms with van der Waals surface area (Å²) in [5, 5.41) is 13.7. The zero-order valence-electron chi connectivity index (χ0n) is 19.0. The van der Waals surface area contributed by atoms with Crippen molar-refractivity contribution in [2.75, 3.05) is 0 Å². The Morgan fingerprint density at radius 2 is 1.49 bits per heavy atom. The number of hydrogen-bond acceptors (Lipinski definition) is 2. The van der Waals surface area contributed by atoms with E-state index in [4.69, 9.17) is 23.2 Å². The van der Waals surface area contributed by atoms with Crippen molar-refractivity contribution < 1.29 is 14.7 Å². The number of benzene rings is 3. The fourth-order valence-electron chi connectivity index (χ4n) is 4.11. The van der Waals surface area contributed by atoms with Crippen molar-refractivity contribution in [1.29, 1.82) is 0 Å². The zero-order valence-corrected chi connectivity index (χ0v) is 20.6. The van der Waals surface area contributed by atoms with Crippen LogP contribution < -0.4 is 5.32 Å². The number of amides is 1. The van der Waals surface area contributed by atoms with Crippen molar-refractivity contribution >= 4 is 35.1 Å². The lowest BCUT2D eigenvalue weighted by Gasteiger charge is -2.17. The molecule has 0 radical (unpaired) electrons. The Morgan fingerprint density at radius 1 is 0.886 bits per heavy atom. The zero-order chi connectivity index (χ0) is 24.9. The number of nitrogens with one attached hydrogen (secondary N) is 1. The second-order valence-electron chi connectivity index (χ2n) is 8.35. The molecular weight excluding hydrogens is 483 g/mol. The van der Waals surface area contributed by atoms with E-state index in [-0.39, 0.29) is 6.42 Å². The fraction of sp³-hybridized carbons (Fsp3) is 0.143. The van der Waals surface area contributed by atoms with Gasteiger partial charge in [0.2, 0.25) is 0 Å². The normalized spacial score (nSPS) is 11.7. The third-order valence-electron chi connectivity index (χ3n) is 5.77. The Hall–Kier alpha value is -3.54. The van der Waals surface area contributed by atoms with E-state index in [0.29, 0.717) is 22.3 Å². The molecule has 4 aromatic rings. The van der Waals surface area contributed by atoms with Gasteiger partial charge in [0.15, 0.2) is 0 Å². The van der Waals surface area contributed by atoms with E-state index >= 15 is 0 Å². The van der Waals surface area contributed by atoms with Crippen molar-refractivity contribution in [2.24, 2.45) is 0 Å². The third kappa shape index (κ3) is 5.94. The lowest BCUT2D eigenvalue weighted by Crippen LogP contribution is -2.43. The first-order valence-corrected chi connectivity index (χ1v) is 11.8. The van der Waals surface area contributed by atoms with Gasteiger partial charge in [-0.1, -0.05) is 77.8 Å². The van der Waals surface area contributed by atoms with Crippen LogP contribution in [-0.4, -0.2) is 27.6 Å². The van der Waals surface area contributed by atoms with Crippen LogP contribution in [0.15, 0.2) is 85.1 Å². The highest BCUT2D eigenvalue weighted by Gasteiger charge is 2.26. The molecule has 0 fully saturated rings. The van der Waals surface area contributed by atoms with Gasteiger partial charge < -0.3 is 15.0 Å². The molecule has 2 N–H and O–H groups in total. The second-order valence-corrected chi connectivity index (χ2v) is 9.22. The Balaban J connectivity index is 1.71. The molecule has 35 heavy (non-hydrogen) atoms. The van der Waals surface area contributed by atoms with Gasteiger partial charge in [-0.05, 0) is 53.4 Å². The maximum atomic E-state index is 13.6. The van der Waals surface area contributed by atoms with Crippen LogP contribution in [0, 0.1) is 6.92 Å². The first-order valence-electron chi connectivity index (χ1n) is 11.1. The average molecular weight is 507 g/mol. The van der Waals surface area contributed by atoms with Gasteiger partial charge in [-0.25, -0.2) is 4.79 Å². The van der Waals surface area contributed by atoms with Crippen molar-refractivity contribution in [3.8, 4) is 11.1 Å². The van der Waals surface area contributed by atoms with Crippen molar-refractivity contribution in [1.82, 2.24) is 9.88 Å². The van der Waals surface area contributed by atoms with Gasteiger partial charge in [0, 0.05) is 34.8 Å². The number of aromatic nitrogens is 1. The number of aliphatic carboxylic acids is 1. The standard InChI is InChI=1S/C28H24Cl2N2O3/c1-18-16-32(17-20-5-3-2-4-6-20)26(25(18)21-9-13-23(30)14-10-21)27(33)31-24(28(34)35)15-19-7-11-22(29)12-8-19/h2-14,16,24H,15,17H2,1H3,(H,31,33)(H,34,35). The Morgan fingerprint density at radius 3 is 2.09 bits per heavy atom. The summed E-state index contributed by atoms with van der Waals surface area (Å²) in [5.41, 5.74) is 4.65. The lowest BCUT2D eigenvalue weighted by atomic mass is 10.0. The molecule has 7 heteroatoms. The van der Waals surface area contributed by atoms with Crippen LogP contribution in [0.1, 0.15) is 27.2 Å². The largest absolute Gasteiger partial charge is 0.480 e. The molecular formula is C28H24Cl2N2O3. The van der Waals surface area contributed by atoms with E-state index in [9.17, 15) is 14.7 Å². The van der Waals surface area contributed by atoms with Gasteiger partial charge in [0.1, 0.15) is 11.7 Å². The van der Waals surface area contributed by atoms with E-state index in [1.54, 1.807) is 36.4 Å². The first kappa shape index (κ1) is 24.6. The highest BCUT2D eigenvalue weighted by atomic mass is 35.5. The van der Waals surface area contributed by atoms with Crippen LogP contribution in [0.3, 0.4) is 0 Å². The quantitative estimate of drug-likeness (QED) is 0.297. The molecule has 1 atom stereocenters. The number of hydrogen-bond donors (Lipinski definition) is 2. The minimum atomic E-state index is -1.11. The SMILES string of the molecule is Cc1cn(Cc2ccccc2)c(C(=O)NC(Cc2ccc(Cl)cc2)C(=O)O)c1-c1ccc(Cl)cc1. The summed E-state index contributed by atoms with van der Waals surface area (Å²) in [6, 6.07) is 22.9. The van der Waals surface area contributed by atoms with Gasteiger partial charge in [0.05, 0.1) is 0 Å².